The average Bonchev–Trinajstić information content (AvgIpc) is 2.67. The van der Waals surface area contributed by atoms with E-state index < -0.39 is 0 Å². The van der Waals surface area contributed by atoms with Crippen LogP contribution in [0.4, 0.5) is 0 Å². The number of hydrogen-bond donors (Lipinski definition) is 0. The van der Waals surface area contributed by atoms with Crippen LogP contribution in [0.3, 0.4) is 0 Å². The van der Waals surface area contributed by atoms with Gasteiger partial charge < -0.3 is 4.57 Å². The second kappa shape index (κ2) is 5.88. The minimum absolute atomic E-state index is 0.666. The van der Waals surface area contributed by atoms with E-state index in [1.807, 2.05) is 24.8 Å². The number of aryl methyl sites for hydroxylation is 1. The Balaban J connectivity index is 2.25. The van der Waals surface area contributed by atoms with Crippen molar-refractivity contribution in [3.8, 4) is 0 Å². The number of thioether (sulfide) groups is 1. The van der Waals surface area contributed by atoms with Gasteiger partial charge in [0.2, 0.25) is 0 Å². The minimum Gasteiger partial charge on any atom is -0.321 e. The molecule has 0 amide bonds. The summed E-state index contributed by atoms with van der Waals surface area (Å²) in [5, 5.41) is 0.956. The highest BCUT2D eigenvalue weighted by molar-refractivity contribution is 9.10. The molecule has 0 N–H and O–H groups in total. The molecule has 0 spiro atoms. The number of imidazole rings is 1. The third-order valence-electron chi connectivity index (χ3n) is 2.76. The lowest BCUT2D eigenvalue weighted by atomic mass is 10.1. The Kier molecular flexibility index (Phi) is 4.42. The number of rotatable bonds is 4. The minimum atomic E-state index is 0.666. The normalized spacial score (nSPS) is 10.7. The summed E-state index contributed by atoms with van der Waals surface area (Å²) in [5.74, 6) is 0. The maximum absolute atomic E-state index is 4.45. The Labute approximate surface area is 125 Å². The third kappa shape index (κ3) is 3.06. The van der Waals surface area contributed by atoms with Gasteiger partial charge in [0.15, 0.2) is 5.16 Å². The summed E-state index contributed by atoms with van der Waals surface area (Å²) in [6.07, 6.45) is 6.24. The number of aromatic nitrogens is 4. The Morgan fingerprint density at radius 1 is 1.42 bits per heavy atom. The predicted molar refractivity (Wildman–Crippen MR) is 82.2 cm³/mol. The molecule has 0 bridgehead atoms. The highest BCUT2D eigenvalue weighted by atomic mass is 79.9. The standard InChI is InChI=1S/C13H15BrN4S/c1-8(5-10-7-15-9(2)6-16-10)11-12(14)17-13(19-4)18(11)3/h6-7H,1,5H2,2-4H3. The first-order chi connectivity index (χ1) is 9.02. The quantitative estimate of drug-likeness (QED) is 0.802. The lowest BCUT2D eigenvalue weighted by Crippen LogP contribution is -2.01. The smallest absolute Gasteiger partial charge is 0.169 e. The number of hydrogen-bond acceptors (Lipinski definition) is 4. The summed E-state index contributed by atoms with van der Waals surface area (Å²) in [7, 11) is 1.99. The molecule has 0 saturated heterocycles. The molecule has 0 aliphatic rings. The number of nitrogens with zero attached hydrogens (tertiary/aromatic N) is 4. The third-order valence-corrected chi connectivity index (χ3v) is 4.04. The van der Waals surface area contributed by atoms with Crippen LogP contribution in [-0.4, -0.2) is 25.8 Å². The van der Waals surface area contributed by atoms with Crippen LogP contribution in [0.25, 0.3) is 5.57 Å². The van der Waals surface area contributed by atoms with E-state index in [2.05, 4.69) is 37.5 Å². The van der Waals surface area contributed by atoms with Crippen LogP contribution < -0.4 is 0 Å². The van der Waals surface area contributed by atoms with Crippen molar-refractivity contribution in [3.63, 3.8) is 0 Å². The van der Waals surface area contributed by atoms with Gasteiger partial charge in [-0.3, -0.25) is 9.97 Å². The van der Waals surface area contributed by atoms with Gasteiger partial charge >= 0.3 is 0 Å². The van der Waals surface area contributed by atoms with E-state index >= 15 is 0 Å². The van der Waals surface area contributed by atoms with Crippen LogP contribution in [0.5, 0.6) is 0 Å². The van der Waals surface area contributed by atoms with Crippen LogP contribution in [-0.2, 0) is 13.5 Å². The molecule has 4 nitrogen and oxygen atoms in total. The Morgan fingerprint density at radius 3 is 2.68 bits per heavy atom. The van der Waals surface area contributed by atoms with Crippen molar-refractivity contribution >= 4 is 33.3 Å². The largest absolute Gasteiger partial charge is 0.321 e. The molecule has 0 aromatic carbocycles. The Bertz CT molecular complexity index is 604. The van der Waals surface area contributed by atoms with Gasteiger partial charge in [-0.1, -0.05) is 18.3 Å². The van der Waals surface area contributed by atoms with Crippen molar-refractivity contribution in [2.24, 2.45) is 7.05 Å². The molecule has 2 aromatic rings. The molecule has 100 valence electrons. The molecule has 19 heavy (non-hydrogen) atoms. The van der Waals surface area contributed by atoms with E-state index in [0.29, 0.717) is 6.42 Å². The Morgan fingerprint density at radius 2 is 2.16 bits per heavy atom. The molecule has 0 aliphatic heterocycles. The topological polar surface area (TPSA) is 43.6 Å². The van der Waals surface area contributed by atoms with Crippen LogP contribution in [0.1, 0.15) is 17.1 Å². The summed E-state index contributed by atoms with van der Waals surface area (Å²) in [4.78, 5) is 13.1. The predicted octanol–water partition coefficient (Wildman–Crippen LogP) is 3.26. The van der Waals surface area contributed by atoms with E-state index in [4.69, 9.17) is 0 Å². The fraction of sp³-hybridized carbons (Fsp3) is 0.308. The number of halogens is 1. The maximum Gasteiger partial charge on any atom is 0.169 e. The van der Waals surface area contributed by atoms with E-state index in [9.17, 15) is 0 Å². The van der Waals surface area contributed by atoms with Crippen molar-refractivity contribution < 1.29 is 0 Å². The molecule has 2 rings (SSSR count). The molecule has 0 saturated carbocycles. The lowest BCUT2D eigenvalue weighted by Gasteiger charge is -2.08. The summed E-state index contributed by atoms with van der Waals surface area (Å²) < 4.78 is 2.86. The molecule has 6 heteroatoms. The first kappa shape index (κ1) is 14.3. The average molecular weight is 339 g/mol. The molecular weight excluding hydrogens is 324 g/mol. The fourth-order valence-electron chi connectivity index (χ4n) is 1.82. The van der Waals surface area contributed by atoms with Crippen LogP contribution in [0, 0.1) is 6.92 Å². The van der Waals surface area contributed by atoms with Crippen molar-refractivity contribution in [2.75, 3.05) is 6.26 Å². The molecule has 2 aromatic heterocycles. The summed E-state index contributed by atoms with van der Waals surface area (Å²) in [6, 6.07) is 0. The van der Waals surface area contributed by atoms with Gasteiger partial charge in [0.1, 0.15) is 4.60 Å². The monoisotopic (exact) mass is 338 g/mol. The van der Waals surface area contributed by atoms with Gasteiger partial charge in [-0.2, -0.15) is 0 Å². The van der Waals surface area contributed by atoms with Crippen LogP contribution in [0.2, 0.25) is 0 Å². The van der Waals surface area contributed by atoms with Crippen LogP contribution >= 0.6 is 27.7 Å². The zero-order valence-corrected chi connectivity index (χ0v) is 13.5. The zero-order chi connectivity index (χ0) is 14.0. The van der Waals surface area contributed by atoms with E-state index in [0.717, 1.165) is 32.4 Å². The van der Waals surface area contributed by atoms with E-state index in [1.54, 1.807) is 24.2 Å². The summed E-state index contributed by atoms with van der Waals surface area (Å²) in [6.45, 7) is 6.07. The fourth-order valence-corrected chi connectivity index (χ4v) is 3.20. The van der Waals surface area contributed by atoms with Crippen molar-refractivity contribution in [2.45, 2.75) is 18.5 Å². The van der Waals surface area contributed by atoms with E-state index in [1.165, 1.54) is 0 Å². The van der Waals surface area contributed by atoms with Crippen LogP contribution in [0.15, 0.2) is 28.7 Å². The summed E-state index contributed by atoms with van der Waals surface area (Å²) in [5.41, 5.74) is 3.81. The second-order valence-corrected chi connectivity index (χ2v) is 5.75. The van der Waals surface area contributed by atoms with Crippen molar-refractivity contribution in [1.82, 2.24) is 19.5 Å². The highest BCUT2D eigenvalue weighted by Crippen LogP contribution is 2.28. The second-order valence-electron chi connectivity index (χ2n) is 4.23. The highest BCUT2D eigenvalue weighted by Gasteiger charge is 2.15. The molecule has 2 heterocycles. The molecule has 0 radical (unpaired) electrons. The van der Waals surface area contributed by atoms with Gasteiger partial charge in [0.05, 0.1) is 17.1 Å². The lowest BCUT2D eigenvalue weighted by molar-refractivity contribution is 0.779. The first-order valence-electron chi connectivity index (χ1n) is 5.74. The number of allylic oxidation sites excluding steroid dienone is 1. The van der Waals surface area contributed by atoms with Crippen molar-refractivity contribution in [1.29, 1.82) is 0 Å². The molecule has 0 aliphatic carbocycles. The summed E-state index contributed by atoms with van der Waals surface area (Å²) >= 11 is 5.10. The van der Waals surface area contributed by atoms with Gasteiger partial charge in [-0.05, 0) is 34.7 Å². The first-order valence-corrected chi connectivity index (χ1v) is 7.76. The molecule has 0 unspecified atom stereocenters. The zero-order valence-electron chi connectivity index (χ0n) is 11.1. The van der Waals surface area contributed by atoms with E-state index in [-0.39, 0.29) is 0 Å². The van der Waals surface area contributed by atoms with Gasteiger partial charge in [-0.25, -0.2) is 4.98 Å². The maximum atomic E-state index is 4.45. The Hall–Kier alpha value is -1.14. The molecule has 0 fully saturated rings. The molecule has 0 atom stereocenters. The van der Waals surface area contributed by atoms with Gasteiger partial charge in [0.25, 0.3) is 0 Å². The van der Waals surface area contributed by atoms with Gasteiger partial charge in [-0.15, -0.1) is 0 Å². The van der Waals surface area contributed by atoms with Gasteiger partial charge in [0, 0.05) is 25.9 Å². The molecular formula is C13H15BrN4S. The SMILES string of the molecule is C=C(Cc1cnc(C)cn1)c1c(Br)nc(SC)n1C. The van der Waals surface area contributed by atoms with Crippen molar-refractivity contribution in [3.05, 3.63) is 40.7 Å².